The zero-order valence-corrected chi connectivity index (χ0v) is 12.4. The summed E-state index contributed by atoms with van der Waals surface area (Å²) in [4.78, 5) is 2.73. The van der Waals surface area contributed by atoms with Gasteiger partial charge in [-0.25, -0.2) is 0 Å². The third-order valence-corrected chi connectivity index (χ3v) is 6.45. The molecular formula is C16H10S3. The van der Waals surface area contributed by atoms with Crippen molar-refractivity contribution in [3.05, 3.63) is 59.3 Å². The van der Waals surface area contributed by atoms with Gasteiger partial charge in [-0.3, -0.25) is 0 Å². The van der Waals surface area contributed by atoms with Crippen molar-refractivity contribution >= 4 is 54.6 Å². The van der Waals surface area contributed by atoms with E-state index >= 15 is 0 Å². The fourth-order valence-corrected chi connectivity index (χ4v) is 5.45. The van der Waals surface area contributed by atoms with Crippen molar-refractivity contribution in [2.45, 2.75) is 9.79 Å². The molecule has 0 radical (unpaired) electrons. The van der Waals surface area contributed by atoms with Gasteiger partial charge in [-0.05, 0) is 12.1 Å². The quantitative estimate of drug-likeness (QED) is 0.420. The van der Waals surface area contributed by atoms with Gasteiger partial charge in [0.05, 0.1) is 0 Å². The summed E-state index contributed by atoms with van der Waals surface area (Å²) < 4.78 is 2.73. The second-order valence-electron chi connectivity index (χ2n) is 4.29. The standard InChI is InChI=1S/C16H10S3/c1-3-7-13-11(5-1)15(9-17-13)19-16-10-18-14-8-4-2-6-12(14)16/h1-10H. The van der Waals surface area contributed by atoms with E-state index in [9.17, 15) is 0 Å². The molecule has 0 saturated carbocycles. The van der Waals surface area contributed by atoms with Crippen LogP contribution in [-0.2, 0) is 0 Å². The minimum atomic E-state index is 1.36. The molecule has 0 N–H and O–H groups in total. The third kappa shape index (κ3) is 1.98. The molecule has 4 rings (SSSR count). The Morgan fingerprint density at radius 3 is 1.63 bits per heavy atom. The number of fused-ring (bicyclic) bond motifs is 2. The van der Waals surface area contributed by atoms with Crippen molar-refractivity contribution in [3.63, 3.8) is 0 Å². The highest BCUT2D eigenvalue weighted by Gasteiger charge is 2.09. The van der Waals surface area contributed by atoms with E-state index in [1.54, 1.807) is 0 Å². The second kappa shape index (κ2) is 4.67. The lowest BCUT2D eigenvalue weighted by molar-refractivity contribution is 1.59. The van der Waals surface area contributed by atoms with Crippen LogP contribution in [0.25, 0.3) is 20.2 Å². The smallest absolute Gasteiger partial charge is 0.0354 e. The van der Waals surface area contributed by atoms with Gasteiger partial charge in [0.25, 0.3) is 0 Å². The zero-order chi connectivity index (χ0) is 12.7. The van der Waals surface area contributed by atoms with Gasteiger partial charge in [-0.1, -0.05) is 48.2 Å². The van der Waals surface area contributed by atoms with Gasteiger partial charge < -0.3 is 0 Å². The van der Waals surface area contributed by atoms with Gasteiger partial charge in [0.2, 0.25) is 0 Å². The molecule has 4 aromatic rings. The van der Waals surface area contributed by atoms with E-state index in [-0.39, 0.29) is 0 Å². The van der Waals surface area contributed by atoms with E-state index in [4.69, 9.17) is 0 Å². The van der Waals surface area contributed by atoms with Crippen molar-refractivity contribution in [2.24, 2.45) is 0 Å². The first-order valence-electron chi connectivity index (χ1n) is 6.02. The van der Waals surface area contributed by atoms with Gasteiger partial charge >= 0.3 is 0 Å². The van der Waals surface area contributed by atoms with Gasteiger partial charge in [-0.2, -0.15) is 0 Å². The summed E-state index contributed by atoms with van der Waals surface area (Å²) in [5.41, 5.74) is 0. The van der Waals surface area contributed by atoms with Crippen molar-refractivity contribution in [1.82, 2.24) is 0 Å². The van der Waals surface area contributed by atoms with E-state index in [1.165, 1.54) is 30.0 Å². The molecule has 2 heterocycles. The van der Waals surface area contributed by atoms with E-state index in [1.807, 2.05) is 34.4 Å². The van der Waals surface area contributed by atoms with Crippen molar-refractivity contribution in [1.29, 1.82) is 0 Å². The van der Waals surface area contributed by atoms with Crippen LogP contribution in [0.3, 0.4) is 0 Å². The Hall–Kier alpha value is -1.29. The minimum Gasteiger partial charge on any atom is -0.143 e. The summed E-state index contributed by atoms with van der Waals surface area (Å²) in [6.07, 6.45) is 0. The molecule has 0 aliphatic carbocycles. The van der Waals surface area contributed by atoms with Crippen LogP contribution in [0.1, 0.15) is 0 Å². The van der Waals surface area contributed by atoms with Gasteiger partial charge in [0.15, 0.2) is 0 Å². The molecule has 0 spiro atoms. The lowest BCUT2D eigenvalue weighted by Gasteiger charge is -1.98. The average molecular weight is 298 g/mol. The maximum atomic E-state index is 2.27. The summed E-state index contributed by atoms with van der Waals surface area (Å²) in [5.74, 6) is 0. The van der Waals surface area contributed by atoms with E-state index in [0.717, 1.165) is 0 Å². The van der Waals surface area contributed by atoms with Gasteiger partial charge in [0, 0.05) is 40.7 Å². The molecule has 0 atom stereocenters. The zero-order valence-electron chi connectivity index (χ0n) is 10.00. The summed E-state index contributed by atoms with van der Waals surface area (Å²) in [7, 11) is 0. The molecule has 2 aromatic heterocycles. The van der Waals surface area contributed by atoms with Crippen molar-refractivity contribution in [3.8, 4) is 0 Å². The maximum Gasteiger partial charge on any atom is 0.0354 e. The number of hydrogen-bond acceptors (Lipinski definition) is 3. The summed E-state index contributed by atoms with van der Waals surface area (Å²) in [5, 5.41) is 7.27. The molecule has 0 nitrogen and oxygen atoms in total. The molecule has 0 bridgehead atoms. The summed E-state index contributed by atoms with van der Waals surface area (Å²) >= 11 is 5.53. The Balaban J connectivity index is 1.82. The summed E-state index contributed by atoms with van der Waals surface area (Å²) in [6.45, 7) is 0. The van der Waals surface area contributed by atoms with Crippen LogP contribution in [0.5, 0.6) is 0 Å². The predicted octanol–water partition coefficient (Wildman–Crippen LogP) is 6.27. The average Bonchev–Trinajstić information content (AvgIpc) is 3.05. The molecule has 92 valence electrons. The van der Waals surface area contributed by atoms with E-state index in [0.29, 0.717) is 0 Å². The number of rotatable bonds is 2. The Labute approximate surface area is 123 Å². The lowest BCUT2D eigenvalue weighted by Crippen LogP contribution is -1.70. The molecule has 0 aliphatic heterocycles. The first-order valence-corrected chi connectivity index (χ1v) is 8.60. The second-order valence-corrected chi connectivity index (χ2v) is 7.20. The highest BCUT2D eigenvalue weighted by atomic mass is 32.2. The Morgan fingerprint density at radius 2 is 1.11 bits per heavy atom. The molecule has 0 aliphatic rings. The fraction of sp³-hybridized carbons (Fsp3) is 0. The van der Waals surface area contributed by atoms with Gasteiger partial charge in [0.1, 0.15) is 0 Å². The molecule has 0 amide bonds. The Morgan fingerprint density at radius 1 is 0.632 bits per heavy atom. The minimum absolute atomic E-state index is 1.36. The van der Waals surface area contributed by atoms with Crippen LogP contribution in [0.2, 0.25) is 0 Å². The number of hydrogen-bond donors (Lipinski definition) is 0. The highest BCUT2D eigenvalue weighted by molar-refractivity contribution is 8.00. The van der Waals surface area contributed by atoms with Crippen LogP contribution in [0.4, 0.5) is 0 Å². The van der Waals surface area contributed by atoms with Crippen LogP contribution in [-0.4, -0.2) is 0 Å². The summed E-state index contributed by atoms with van der Waals surface area (Å²) in [6, 6.07) is 17.2. The van der Waals surface area contributed by atoms with Crippen molar-refractivity contribution in [2.75, 3.05) is 0 Å². The van der Waals surface area contributed by atoms with Crippen LogP contribution >= 0.6 is 34.4 Å². The topological polar surface area (TPSA) is 0 Å². The largest absolute Gasteiger partial charge is 0.143 e. The maximum absolute atomic E-state index is 2.27. The van der Waals surface area contributed by atoms with Gasteiger partial charge in [-0.15, -0.1) is 22.7 Å². The molecule has 0 unspecified atom stereocenters. The molecule has 0 saturated heterocycles. The van der Waals surface area contributed by atoms with E-state index < -0.39 is 0 Å². The monoisotopic (exact) mass is 298 g/mol. The van der Waals surface area contributed by atoms with Crippen LogP contribution in [0, 0.1) is 0 Å². The van der Waals surface area contributed by atoms with E-state index in [2.05, 4.69) is 59.3 Å². The molecule has 2 aromatic carbocycles. The Bertz CT molecular complexity index is 782. The van der Waals surface area contributed by atoms with Crippen molar-refractivity contribution < 1.29 is 0 Å². The van der Waals surface area contributed by atoms with Crippen LogP contribution < -0.4 is 0 Å². The lowest BCUT2D eigenvalue weighted by atomic mass is 10.3. The first-order chi connectivity index (χ1) is 9.42. The third-order valence-electron chi connectivity index (χ3n) is 3.11. The normalized spacial score (nSPS) is 11.4. The Kier molecular flexibility index (Phi) is 2.84. The molecule has 3 heteroatoms. The first kappa shape index (κ1) is 11.5. The number of thiophene rings is 2. The molecular weight excluding hydrogens is 288 g/mol. The molecule has 0 fully saturated rings. The number of benzene rings is 2. The highest BCUT2D eigenvalue weighted by Crippen LogP contribution is 2.41. The molecule has 19 heavy (non-hydrogen) atoms. The fourth-order valence-electron chi connectivity index (χ4n) is 2.18. The SMILES string of the molecule is c1ccc2c(Sc3csc4ccccc34)csc2c1. The predicted molar refractivity (Wildman–Crippen MR) is 87.8 cm³/mol. The van der Waals surface area contributed by atoms with Crippen LogP contribution in [0.15, 0.2) is 69.1 Å².